The first-order chi connectivity index (χ1) is 12.0. The zero-order valence-electron chi connectivity index (χ0n) is 14.0. The third kappa shape index (κ3) is 4.00. The molecule has 126 valence electrons. The minimum Gasteiger partial charge on any atom is -0.453 e. The van der Waals surface area contributed by atoms with Gasteiger partial charge in [0.25, 0.3) is 0 Å². The lowest BCUT2D eigenvalue weighted by molar-refractivity contribution is 0.0470. The van der Waals surface area contributed by atoms with Gasteiger partial charge in [-0.05, 0) is 31.0 Å². The molecule has 0 amide bonds. The van der Waals surface area contributed by atoms with Crippen LogP contribution in [0.25, 0.3) is 10.6 Å². The second kappa shape index (κ2) is 7.40. The van der Waals surface area contributed by atoms with Crippen LogP contribution in [0.5, 0.6) is 0 Å². The maximum absolute atomic E-state index is 12.2. The zero-order chi connectivity index (χ0) is 17.8. The molecule has 0 radical (unpaired) electrons. The second-order valence-corrected chi connectivity index (χ2v) is 6.56. The number of carbonyl (C=O) groups excluding carboxylic acids is 2. The summed E-state index contributed by atoms with van der Waals surface area (Å²) < 4.78 is 5.12. The SMILES string of the molecule is Cc1ccc(C(=O)COC(=O)c2csc(-c3ccccc3)n2)cc1C. The molecule has 0 saturated carbocycles. The van der Waals surface area contributed by atoms with E-state index in [-0.39, 0.29) is 18.1 Å². The first kappa shape index (κ1) is 17.0. The summed E-state index contributed by atoms with van der Waals surface area (Å²) in [6.45, 7) is 3.63. The standard InChI is InChI=1S/C20H17NO3S/c1-13-8-9-16(10-14(13)2)18(22)11-24-20(23)17-12-25-19(21-17)15-6-4-3-5-7-15/h3-10,12H,11H2,1-2H3. The normalized spacial score (nSPS) is 10.5. The topological polar surface area (TPSA) is 56.3 Å². The van der Waals surface area contributed by atoms with Crippen molar-refractivity contribution in [1.82, 2.24) is 4.98 Å². The van der Waals surface area contributed by atoms with Crippen LogP contribution in [0, 0.1) is 13.8 Å². The van der Waals surface area contributed by atoms with Crippen molar-refractivity contribution in [3.63, 3.8) is 0 Å². The number of nitrogens with zero attached hydrogens (tertiary/aromatic N) is 1. The number of carbonyl (C=O) groups is 2. The largest absolute Gasteiger partial charge is 0.453 e. The Morgan fingerprint density at radius 3 is 2.52 bits per heavy atom. The molecule has 25 heavy (non-hydrogen) atoms. The fourth-order valence-corrected chi connectivity index (χ4v) is 3.08. The lowest BCUT2D eigenvalue weighted by atomic mass is 10.0. The van der Waals surface area contributed by atoms with Crippen molar-refractivity contribution in [3.05, 3.63) is 76.3 Å². The second-order valence-electron chi connectivity index (χ2n) is 5.70. The molecule has 2 aromatic carbocycles. The van der Waals surface area contributed by atoms with Gasteiger partial charge < -0.3 is 4.74 Å². The molecule has 0 fully saturated rings. The molecule has 0 N–H and O–H groups in total. The average molecular weight is 351 g/mol. The van der Waals surface area contributed by atoms with Crippen LogP contribution in [-0.4, -0.2) is 23.3 Å². The number of Topliss-reactive ketones (excluding diaryl/α,β-unsaturated/α-hetero) is 1. The van der Waals surface area contributed by atoms with Crippen LogP contribution in [0.1, 0.15) is 32.0 Å². The smallest absolute Gasteiger partial charge is 0.358 e. The monoisotopic (exact) mass is 351 g/mol. The quantitative estimate of drug-likeness (QED) is 0.503. The van der Waals surface area contributed by atoms with Gasteiger partial charge in [0.15, 0.2) is 18.1 Å². The molecule has 1 aromatic heterocycles. The Labute approximate surface area is 150 Å². The van der Waals surface area contributed by atoms with Gasteiger partial charge in [0.1, 0.15) is 5.01 Å². The molecule has 5 heteroatoms. The van der Waals surface area contributed by atoms with E-state index in [9.17, 15) is 9.59 Å². The van der Waals surface area contributed by atoms with Crippen molar-refractivity contribution in [2.45, 2.75) is 13.8 Å². The van der Waals surface area contributed by atoms with E-state index in [2.05, 4.69) is 4.98 Å². The fraction of sp³-hybridized carbons (Fsp3) is 0.150. The predicted octanol–water partition coefficient (Wildman–Crippen LogP) is 4.47. The molecule has 3 rings (SSSR count). The number of aryl methyl sites for hydroxylation is 2. The summed E-state index contributed by atoms with van der Waals surface area (Å²) in [7, 11) is 0. The molecule has 0 spiro atoms. The number of thiazole rings is 1. The Bertz CT molecular complexity index is 916. The van der Waals surface area contributed by atoms with Gasteiger partial charge in [-0.3, -0.25) is 4.79 Å². The van der Waals surface area contributed by atoms with Crippen molar-refractivity contribution >= 4 is 23.1 Å². The van der Waals surface area contributed by atoms with Gasteiger partial charge in [-0.1, -0.05) is 42.5 Å². The van der Waals surface area contributed by atoms with Crippen molar-refractivity contribution in [1.29, 1.82) is 0 Å². The van der Waals surface area contributed by atoms with E-state index in [1.165, 1.54) is 11.3 Å². The summed E-state index contributed by atoms with van der Waals surface area (Å²) in [6.07, 6.45) is 0. The summed E-state index contributed by atoms with van der Waals surface area (Å²) >= 11 is 1.37. The Kier molecular flexibility index (Phi) is 5.05. The van der Waals surface area contributed by atoms with Gasteiger partial charge >= 0.3 is 5.97 Å². The van der Waals surface area contributed by atoms with E-state index in [0.29, 0.717) is 5.56 Å². The molecular weight excluding hydrogens is 334 g/mol. The summed E-state index contributed by atoms with van der Waals surface area (Å²) in [6, 6.07) is 15.0. The van der Waals surface area contributed by atoms with Gasteiger partial charge in [-0.25, -0.2) is 9.78 Å². The van der Waals surface area contributed by atoms with Gasteiger partial charge in [0.2, 0.25) is 0 Å². The number of ether oxygens (including phenoxy) is 1. The Balaban J connectivity index is 1.64. The maximum Gasteiger partial charge on any atom is 0.358 e. The number of hydrogen-bond donors (Lipinski definition) is 0. The van der Waals surface area contributed by atoms with Gasteiger partial charge in [0.05, 0.1) is 0 Å². The van der Waals surface area contributed by atoms with Crippen LogP contribution >= 0.6 is 11.3 Å². The minimum atomic E-state index is -0.587. The number of benzene rings is 2. The Morgan fingerprint density at radius 2 is 1.80 bits per heavy atom. The highest BCUT2D eigenvalue weighted by atomic mass is 32.1. The Hall–Kier alpha value is -2.79. The summed E-state index contributed by atoms with van der Waals surface area (Å²) in [5.41, 5.74) is 3.85. The number of esters is 1. The van der Waals surface area contributed by atoms with Crippen molar-refractivity contribution < 1.29 is 14.3 Å². The highest BCUT2D eigenvalue weighted by Gasteiger charge is 2.16. The fourth-order valence-electron chi connectivity index (χ4n) is 2.28. The molecule has 4 nitrogen and oxygen atoms in total. The van der Waals surface area contributed by atoms with Crippen molar-refractivity contribution in [3.8, 4) is 10.6 Å². The maximum atomic E-state index is 12.2. The van der Waals surface area contributed by atoms with Crippen LogP contribution < -0.4 is 0 Å². The summed E-state index contributed by atoms with van der Waals surface area (Å²) in [5, 5.41) is 2.39. The van der Waals surface area contributed by atoms with Crippen LogP contribution in [0.2, 0.25) is 0 Å². The van der Waals surface area contributed by atoms with E-state index in [0.717, 1.165) is 21.7 Å². The number of hydrogen-bond acceptors (Lipinski definition) is 5. The lowest BCUT2D eigenvalue weighted by Gasteiger charge is -2.05. The van der Waals surface area contributed by atoms with Gasteiger partial charge in [-0.2, -0.15) is 0 Å². The molecule has 3 aromatic rings. The number of ketones is 1. The van der Waals surface area contributed by atoms with Crippen LogP contribution in [-0.2, 0) is 4.74 Å². The molecule has 0 bridgehead atoms. The highest BCUT2D eigenvalue weighted by Crippen LogP contribution is 2.23. The first-order valence-corrected chi connectivity index (χ1v) is 8.71. The highest BCUT2D eigenvalue weighted by molar-refractivity contribution is 7.13. The van der Waals surface area contributed by atoms with Crippen molar-refractivity contribution in [2.75, 3.05) is 6.61 Å². The lowest BCUT2D eigenvalue weighted by Crippen LogP contribution is -2.14. The molecule has 0 aliphatic carbocycles. The van der Waals surface area contributed by atoms with Crippen LogP contribution in [0.3, 0.4) is 0 Å². The molecular formula is C20H17NO3S. The van der Waals surface area contributed by atoms with E-state index in [1.807, 2.05) is 56.3 Å². The van der Waals surface area contributed by atoms with Crippen molar-refractivity contribution in [2.24, 2.45) is 0 Å². The molecule has 0 atom stereocenters. The van der Waals surface area contributed by atoms with Crippen LogP contribution in [0.4, 0.5) is 0 Å². The first-order valence-electron chi connectivity index (χ1n) is 7.83. The summed E-state index contributed by atoms with van der Waals surface area (Å²) in [5.74, 6) is -0.814. The van der Waals surface area contributed by atoms with Crippen LogP contribution in [0.15, 0.2) is 53.9 Å². The average Bonchev–Trinajstić information content (AvgIpc) is 3.12. The third-order valence-electron chi connectivity index (χ3n) is 3.90. The van der Waals surface area contributed by atoms with E-state index < -0.39 is 5.97 Å². The predicted molar refractivity (Wildman–Crippen MR) is 98.1 cm³/mol. The molecule has 0 saturated heterocycles. The third-order valence-corrected chi connectivity index (χ3v) is 4.79. The van der Waals surface area contributed by atoms with Gasteiger partial charge in [0, 0.05) is 16.5 Å². The number of aromatic nitrogens is 1. The Morgan fingerprint density at radius 1 is 1.04 bits per heavy atom. The van der Waals surface area contributed by atoms with Gasteiger partial charge in [-0.15, -0.1) is 11.3 Å². The molecule has 0 aliphatic heterocycles. The molecule has 0 unspecified atom stereocenters. The van der Waals surface area contributed by atoms with E-state index >= 15 is 0 Å². The van der Waals surface area contributed by atoms with E-state index in [1.54, 1.807) is 11.4 Å². The molecule has 1 heterocycles. The summed E-state index contributed by atoms with van der Waals surface area (Å²) in [4.78, 5) is 28.6. The molecule has 0 aliphatic rings. The zero-order valence-corrected chi connectivity index (χ0v) is 14.8. The number of rotatable bonds is 5. The van der Waals surface area contributed by atoms with E-state index in [4.69, 9.17) is 4.74 Å². The minimum absolute atomic E-state index is 0.219.